The zero-order chi connectivity index (χ0) is 13.1. The number of aromatic carboxylic acids is 1. The quantitative estimate of drug-likeness (QED) is 0.894. The average molecular weight is 249 g/mol. The zero-order valence-electron chi connectivity index (χ0n) is 10.8. The molecule has 0 aliphatic heterocycles. The Morgan fingerprint density at radius 2 is 1.94 bits per heavy atom. The first-order valence-electron chi connectivity index (χ1n) is 6.40. The van der Waals surface area contributed by atoms with Gasteiger partial charge >= 0.3 is 5.97 Å². The van der Waals surface area contributed by atoms with E-state index in [0.717, 1.165) is 12.8 Å². The minimum Gasteiger partial charge on any atom is -0.478 e. The summed E-state index contributed by atoms with van der Waals surface area (Å²) in [4.78, 5) is 14.7. The van der Waals surface area contributed by atoms with Crippen molar-refractivity contribution in [3.05, 3.63) is 23.9 Å². The van der Waals surface area contributed by atoms with E-state index in [1.165, 1.54) is 18.7 Å². The van der Waals surface area contributed by atoms with E-state index in [9.17, 15) is 4.79 Å². The Morgan fingerprint density at radius 1 is 1.28 bits per heavy atom. The Hall–Kier alpha value is -1.58. The van der Waals surface area contributed by atoms with Crippen LogP contribution in [0.25, 0.3) is 0 Å². The fourth-order valence-corrected chi connectivity index (χ4v) is 2.72. The minimum atomic E-state index is -0.964. The van der Waals surface area contributed by atoms with Crippen LogP contribution >= 0.6 is 0 Å². The van der Waals surface area contributed by atoms with Crippen LogP contribution in [-0.4, -0.2) is 22.2 Å². The molecule has 1 aromatic heterocycles. The Bertz CT molecular complexity index is 406. The summed E-state index contributed by atoms with van der Waals surface area (Å²) in [7, 11) is 0. The van der Waals surface area contributed by atoms with Gasteiger partial charge < -0.3 is 9.84 Å². The van der Waals surface area contributed by atoms with Crippen LogP contribution in [-0.2, 0) is 0 Å². The lowest BCUT2D eigenvalue weighted by molar-refractivity contribution is 0.0696. The summed E-state index contributed by atoms with van der Waals surface area (Å²) in [5.41, 5.74) is 0.188. The van der Waals surface area contributed by atoms with Crippen LogP contribution in [0, 0.1) is 11.8 Å². The normalized spacial score (nSPS) is 27.8. The zero-order valence-corrected chi connectivity index (χ0v) is 10.8. The van der Waals surface area contributed by atoms with Crippen LogP contribution < -0.4 is 4.74 Å². The standard InChI is InChI=1S/C14H19NO3/c1-9-5-10(2)7-12(6-9)18-13-4-3-11(8-15-13)14(16)17/h3-4,8-10,12H,5-7H2,1-2H3,(H,16,17). The third kappa shape index (κ3) is 3.22. The number of carboxylic acid groups (broad SMARTS) is 1. The van der Waals surface area contributed by atoms with Crippen molar-refractivity contribution >= 4 is 5.97 Å². The second-order valence-corrected chi connectivity index (χ2v) is 5.35. The number of pyridine rings is 1. The molecule has 1 aliphatic rings. The first-order chi connectivity index (χ1) is 8.54. The van der Waals surface area contributed by atoms with Gasteiger partial charge in [-0.05, 0) is 37.2 Å². The number of ether oxygens (including phenoxy) is 1. The van der Waals surface area contributed by atoms with E-state index in [0.29, 0.717) is 17.7 Å². The van der Waals surface area contributed by atoms with Crippen LogP contribution in [0.4, 0.5) is 0 Å². The van der Waals surface area contributed by atoms with Crippen LogP contribution in [0.1, 0.15) is 43.5 Å². The summed E-state index contributed by atoms with van der Waals surface area (Å²) >= 11 is 0. The number of aromatic nitrogens is 1. The van der Waals surface area contributed by atoms with Crippen LogP contribution in [0.2, 0.25) is 0 Å². The van der Waals surface area contributed by atoms with Gasteiger partial charge in [0.1, 0.15) is 6.10 Å². The van der Waals surface area contributed by atoms with Gasteiger partial charge in [-0.1, -0.05) is 13.8 Å². The number of carbonyl (C=O) groups is 1. The summed E-state index contributed by atoms with van der Waals surface area (Å²) in [5, 5.41) is 8.79. The van der Waals surface area contributed by atoms with Gasteiger partial charge in [-0.2, -0.15) is 0 Å². The van der Waals surface area contributed by atoms with Gasteiger partial charge in [-0.15, -0.1) is 0 Å². The maximum absolute atomic E-state index is 10.7. The van der Waals surface area contributed by atoms with Crippen molar-refractivity contribution in [1.82, 2.24) is 4.98 Å². The molecule has 0 spiro atoms. The molecule has 98 valence electrons. The van der Waals surface area contributed by atoms with Crippen LogP contribution in [0.15, 0.2) is 18.3 Å². The number of nitrogens with zero attached hydrogens (tertiary/aromatic N) is 1. The summed E-state index contributed by atoms with van der Waals surface area (Å²) in [6, 6.07) is 3.16. The van der Waals surface area contributed by atoms with Gasteiger partial charge in [-0.3, -0.25) is 0 Å². The molecule has 4 nitrogen and oxygen atoms in total. The van der Waals surface area contributed by atoms with Crippen molar-refractivity contribution in [2.75, 3.05) is 0 Å². The highest BCUT2D eigenvalue weighted by molar-refractivity contribution is 5.87. The molecule has 0 radical (unpaired) electrons. The topological polar surface area (TPSA) is 59.4 Å². The second kappa shape index (κ2) is 5.38. The molecule has 2 atom stereocenters. The number of hydrogen-bond acceptors (Lipinski definition) is 3. The van der Waals surface area contributed by atoms with Crippen molar-refractivity contribution in [2.45, 2.75) is 39.2 Å². The molecule has 0 saturated heterocycles. The maximum Gasteiger partial charge on any atom is 0.337 e. The highest BCUT2D eigenvalue weighted by Crippen LogP contribution is 2.30. The SMILES string of the molecule is CC1CC(C)CC(Oc2ccc(C(=O)O)cn2)C1. The first-order valence-corrected chi connectivity index (χ1v) is 6.40. The highest BCUT2D eigenvalue weighted by Gasteiger charge is 2.25. The van der Waals surface area contributed by atoms with Gasteiger partial charge in [0, 0.05) is 12.3 Å². The molecule has 4 heteroatoms. The third-order valence-electron chi connectivity index (χ3n) is 3.41. The van der Waals surface area contributed by atoms with Crippen molar-refractivity contribution in [2.24, 2.45) is 11.8 Å². The summed E-state index contributed by atoms with van der Waals surface area (Å²) in [6.07, 6.45) is 4.89. The van der Waals surface area contributed by atoms with Gasteiger partial charge in [0.25, 0.3) is 0 Å². The van der Waals surface area contributed by atoms with E-state index < -0.39 is 5.97 Å². The molecule has 2 unspecified atom stereocenters. The van der Waals surface area contributed by atoms with E-state index in [4.69, 9.17) is 9.84 Å². The summed E-state index contributed by atoms with van der Waals surface area (Å²) in [5.74, 6) is 0.911. The van der Waals surface area contributed by atoms with Gasteiger partial charge in [0.2, 0.25) is 5.88 Å². The molecule has 2 rings (SSSR count). The van der Waals surface area contributed by atoms with Crippen molar-refractivity contribution < 1.29 is 14.6 Å². The molecule has 0 aromatic carbocycles. The Balaban J connectivity index is 1.98. The number of rotatable bonds is 3. The van der Waals surface area contributed by atoms with Crippen molar-refractivity contribution in [3.8, 4) is 5.88 Å². The van der Waals surface area contributed by atoms with Gasteiger partial charge in [0.15, 0.2) is 0 Å². The van der Waals surface area contributed by atoms with Crippen molar-refractivity contribution in [1.29, 1.82) is 0 Å². The Kier molecular flexibility index (Phi) is 3.84. The third-order valence-corrected chi connectivity index (χ3v) is 3.41. The molecule has 1 heterocycles. The lowest BCUT2D eigenvalue weighted by Gasteiger charge is -2.31. The lowest BCUT2D eigenvalue weighted by Crippen LogP contribution is -2.28. The summed E-state index contributed by atoms with van der Waals surface area (Å²) < 4.78 is 5.83. The molecule has 1 saturated carbocycles. The van der Waals surface area contributed by atoms with Crippen LogP contribution in [0.5, 0.6) is 5.88 Å². The smallest absolute Gasteiger partial charge is 0.337 e. The Morgan fingerprint density at radius 3 is 2.44 bits per heavy atom. The fourth-order valence-electron chi connectivity index (χ4n) is 2.72. The van der Waals surface area contributed by atoms with E-state index in [-0.39, 0.29) is 11.7 Å². The minimum absolute atomic E-state index is 0.188. The Labute approximate surface area is 107 Å². The fraction of sp³-hybridized carbons (Fsp3) is 0.571. The van der Waals surface area contributed by atoms with E-state index in [1.807, 2.05) is 0 Å². The van der Waals surface area contributed by atoms with Crippen molar-refractivity contribution in [3.63, 3.8) is 0 Å². The molecule has 0 bridgehead atoms. The molecule has 1 aliphatic carbocycles. The first kappa shape index (κ1) is 12.9. The van der Waals surface area contributed by atoms with E-state index in [1.54, 1.807) is 6.07 Å². The maximum atomic E-state index is 10.7. The largest absolute Gasteiger partial charge is 0.478 e. The van der Waals surface area contributed by atoms with E-state index in [2.05, 4.69) is 18.8 Å². The monoisotopic (exact) mass is 249 g/mol. The summed E-state index contributed by atoms with van der Waals surface area (Å²) in [6.45, 7) is 4.49. The number of hydrogen-bond donors (Lipinski definition) is 1. The predicted molar refractivity (Wildman–Crippen MR) is 67.8 cm³/mol. The lowest BCUT2D eigenvalue weighted by atomic mass is 9.82. The number of carboxylic acids is 1. The molecule has 1 aromatic rings. The predicted octanol–water partition coefficient (Wildman–Crippen LogP) is 2.98. The molecular weight excluding hydrogens is 230 g/mol. The molecular formula is C14H19NO3. The molecule has 1 N–H and O–H groups in total. The van der Waals surface area contributed by atoms with Gasteiger partial charge in [0.05, 0.1) is 5.56 Å². The molecule has 1 fully saturated rings. The van der Waals surface area contributed by atoms with Crippen LogP contribution in [0.3, 0.4) is 0 Å². The van der Waals surface area contributed by atoms with E-state index >= 15 is 0 Å². The molecule has 0 amide bonds. The highest BCUT2D eigenvalue weighted by atomic mass is 16.5. The molecule has 18 heavy (non-hydrogen) atoms. The average Bonchev–Trinajstić information content (AvgIpc) is 2.28. The van der Waals surface area contributed by atoms with Gasteiger partial charge in [-0.25, -0.2) is 9.78 Å². The second-order valence-electron chi connectivity index (χ2n) is 5.35.